The van der Waals surface area contributed by atoms with Crippen LogP contribution in [0.15, 0.2) is 47.8 Å². The molecule has 0 aliphatic rings. The summed E-state index contributed by atoms with van der Waals surface area (Å²) in [6.45, 7) is 2.07. The number of carbonyl (C=O) groups is 1. The average molecular weight is 242 g/mol. The van der Waals surface area contributed by atoms with Crippen LogP contribution in [-0.2, 0) is 11.3 Å². The molecule has 0 aliphatic heterocycles. The molecule has 0 atom stereocenters. The number of aromatic nitrogens is 2. The lowest BCUT2D eigenvalue weighted by Gasteiger charge is -2.02. The molecular formula is C13H14N4O. The normalized spacial score (nSPS) is 10.7. The molecule has 0 spiro atoms. The second-order valence-corrected chi connectivity index (χ2v) is 3.81. The number of aryl methyl sites for hydroxylation is 1. The zero-order valence-electron chi connectivity index (χ0n) is 10.1. The Bertz CT molecular complexity index is 545. The van der Waals surface area contributed by atoms with Crippen LogP contribution in [0, 0.1) is 6.92 Å². The molecule has 1 heterocycles. The average Bonchev–Trinajstić information content (AvgIpc) is 2.76. The predicted molar refractivity (Wildman–Crippen MR) is 69.1 cm³/mol. The molecule has 0 saturated carbocycles. The summed E-state index contributed by atoms with van der Waals surface area (Å²) in [5.41, 5.74) is 3.42. The monoisotopic (exact) mass is 242 g/mol. The summed E-state index contributed by atoms with van der Waals surface area (Å²) in [7, 11) is 0. The fourth-order valence-corrected chi connectivity index (χ4v) is 1.48. The molecule has 5 heteroatoms. The molecule has 1 aromatic carbocycles. The lowest BCUT2D eigenvalue weighted by atomic mass is 10.2. The van der Waals surface area contributed by atoms with E-state index in [1.165, 1.54) is 0 Å². The summed E-state index contributed by atoms with van der Waals surface area (Å²) < 4.78 is 1.76. The number of benzene rings is 1. The van der Waals surface area contributed by atoms with Gasteiger partial charge >= 0.3 is 0 Å². The van der Waals surface area contributed by atoms with E-state index < -0.39 is 0 Å². The van der Waals surface area contributed by atoms with Crippen molar-refractivity contribution in [1.82, 2.24) is 15.0 Å². The Labute approximate surface area is 105 Å². The maximum Gasteiger partial charge on any atom is 0.260 e. The molecule has 92 valence electrons. The van der Waals surface area contributed by atoms with Crippen LogP contribution in [0.4, 0.5) is 0 Å². The number of imidazole rings is 1. The Balaban J connectivity index is 1.86. The third-order valence-corrected chi connectivity index (χ3v) is 2.44. The number of nitrogens with zero attached hydrogens (tertiary/aromatic N) is 3. The lowest BCUT2D eigenvalue weighted by molar-refractivity contribution is -0.121. The fraction of sp³-hybridized carbons (Fsp3) is 0.154. The lowest BCUT2D eigenvalue weighted by Crippen LogP contribution is -2.23. The van der Waals surface area contributed by atoms with E-state index in [1.54, 1.807) is 23.2 Å². The highest BCUT2D eigenvalue weighted by Crippen LogP contribution is 1.95. The first-order valence-electron chi connectivity index (χ1n) is 5.60. The Morgan fingerprint density at radius 2 is 2.22 bits per heavy atom. The number of amides is 1. The van der Waals surface area contributed by atoms with Crippen molar-refractivity contribution < 1.29 is 4.79 Å². The molecule has 1 N–H and O–H groups in total. The van der Waals surface area contributed by atoms with Crippen molar-refractivity contribution in [3.63, 3.8) is 0 Å². The van der Waals surface area contributed by atoms with Crippen LogP contribution < -0.4 is 5.43 Å². The quantitative estimate of drug-likeness (QED) is 0.649. The molecule has 2 rings (SSSR count). The van der Waals surface area contributed by atoms with Crippen molar-refractivity contribution in [3.05, 3.63) is 54.1 Å². The van der Waals surface area contributed by atoms with Crippen LogP contribution in [0.1, 0.15) is 11.4 Å². The van der Waals surface area contributed by atoms with Crippen LogP contribution >= 0.6 is 0 Å². The smallest absolute Gasteiger partial charge is 0.260 e. The molecule has 0 bridgehead atoms. The first-order chi connectivity index (χ1) is 8.75. The summed E-state index contributed by atoms with van der Waals surface area (Å²) in [5, 5.41) is 3.89. The zero-order chi connectivity index (χ0) is 12.8. The summed E-state index contributed by atoms with van der Waals surface area (Å²) >= 11 is 0. The zero-order valence-corrected chi connectivity index (χ0v) is 10.1. The maximum atomic E-state index is 11.6. The second kappa shape index (κ2) is 5.77. The number of hydrazone groups is 1. The number of hydrogen-bond donors (Lipinski definition) is 1. The van der Waals surface area contributed by atoms with Crippen molar-refractivity contribution in [2.75, 3.05) is 0 Å². The second-order valence-electron chi connectivity index (χ2n) is 3.81. The minimum atomic E-state index is -0.178. The topological polar surface area (TPSA) is 59.3 Å². The van der Waals surface area contributed by atoms with Crippen LogP contribution in [0.3, 0.4) is 0 Å². The molecular weight excluding hydrogens is 228 g/mol. The fourth-order valence-electron chi connectivity index (χ4n) is 1.48. The van der Waals surface area contributed by atoms with Gasteiger partial charge in [-0.2, -0.15) is 5.10 Å². The molecule has 0 saturated heterocycles. The van der Waals surface area contributed by atoms with Gasteiger partial charge in [0.1, 0.15) is 12.4 Å². The van der Waals surface area contributed by atoms with Crippen molar-refractivity contribution in [3.8, 4) is 0 Å². The van der Waals surface area contributed by atoms with Crippen LogP contribution in [-0.4, -0.2) is 21.7 Å². The first kappa shape index (κ1) is 12.0. The van der Waals surface area contributed by atoms with Gasteiger partial charge in [0.2, 0.25) is 0 Å². The Morgan fingerprint density at radius 3 is 2.89 bits per heavy atom. The van der Waals surface area contributed by atoms with Crippen molar-refractivity contribution >= 4 is 12.1 Å². The van der Waals surface area contributed by atoms with Gasteiger partial charge < -0.3 is 4.57 Å². The van der Waals surface area contributed by atoms with Gasteiger partial charge in [-0.3, -0.25) is 4.79 Å². The van der Waals surface area contributed by atoms with Gasteiger partial charge in [-0.15, -0.1) is 0 Å². The van der Waals surface area contributed by atoms with E-state index in [-0.39, 0.29) is 12.5 Å². The van der Waals surface area contributed by atoms with Gasteiger partial charge in [0, 0.05) is 12.4 Å². The highest BCUT2D eigenvalue weighted by Gasteiger charge is 2.02. The molecule has 5 nitrogen and oxygen atoms in total. The summed E-state index contributed by atoms with van der Waals surface area (Å²) in [6.07, 6.45) is 5.03. The van der Waals surface area contributed by atoms with Crippen LogP contribution in [0.5, 0.6) is 0 Å². The van der Waals surface area contributed by atoms with Crippen LogP contribution in [0.25, 0.3) is 0 Å². The molecule has 18 heavy (non-hydrogen) atoms. The minimum Gasteiger partial charge on any atom is -0.326 e. The molecule has 0 radical (unpaired) electrons. The van der Waals surface area contributed by atoms with Crippen molar-refractivity contribution in [2.24, 2.45) is 5.10 Å². The van der Waals surface area contributed by atoms with Crippen LogP contribution in [0.2, 0.25) is 0 Å². The number of nitrogens with one attached hydrogen (secondary N) is 1. The van der Waals surface area contributed by atoms with E-state index >= 15 is 0 Å². The van der Waals surface area contributed by atoms with E-state index in [9.17, 15) is 4.79 Å². The Hall–Kier alpha value is -2.43. The van der Waals surface area contributed by atoms with Gasteiger partial charge in [-0.05, 0) is 12.5 Å². The molecule has 1 amide bonds. The Morgan fingerprint density at radius 1 is 1.44 bits per heavy atom. The van der Waals surface area contributed by atoms with E-state index in [2.05, 4.69) is 15.5 Å². The SMILES string of the molecule is Cc1nccn1CC(=O)N/N=C\c1ccccc1. The predicted octanol–water partition coefficient (Wildman–Crippen LogP) is 1.34. The van der Waals surface area contributed by atoms with Gasteiger partial charge in [-0.1, -0.05) is 30.3 Å². The maximum absolute atomic E-state index is 11.6. The summed E-state index contributed by atoms with van der Waals surface area (Å²) in [4.78, 5) is 15.6. The molecule has 2 aromatic rings. The highest BCUT2D eigenvalue weighted by atomic mass is 16.2. The van der Waals surface area contributed by atoms with Gasteiger partial charge in [0.05, 0.1) is 6.21 Å². The molecule has 0 unspecified atom stereocenters. The van der Waals surface area contributed by atoms with Crippen molar-refractivity contribution in [2.45, 2.75) is 13.5 Å². The standard InChI is InChI=1S/C13H14N4O/c1-11-14-7-8-17(11)10-13(18)16-15-9-12-5-3-2-4-6-12/h2-9H,10H2,1H3,(H,16,18)/b15-9-. The minimum absolute atomic E-state index is 0.178. The molecule has 0 aliphatic carbocycles. The van der Waals surface area contributed by atoms with Gasteiger partial charge in [-0.25, -0.2) is 10.4 Å². The largest absolute Gasteiger partial charge is 0.326 e. The molecule has 1 aromatic heterocycles. The first-order valence-corrected chi connectivity index (χ1v) is 5.60. The van der Waals surface area contributed by atoms with Crippen molar-refractivity contribution in [1.29, 1.82) is 0 Å². The van der Waals surface area contributed by atoms with E-state index in [0.29, 0.717) is 0 Å². The Kier molecular flexibility index (Phi) is 3.86. The van der Waals surface area contributed by atoms with Gasteiger partial charge in [0.25, 0.3) is 5.91 Å². The number of carbonyl (C=O) groups excluding carboxylic acids is 1. The van der Waals surface area contributed by atoms with E-state index in [0.717, 1.165) is 11.4 Å². The summed E-state index contributed by atoms with van der Waals surface area (Å²) in [5.74, 6) is 0.625. The van der Waals surface area contributed by atoms with E-state index in [1.807, 2.05) is 37.3 Å². The number of hydrogen-bond acceptors (Lipinski definition) is 3. The highest BCUT2D eigenvalue weighted by molar-refractivity contribution is 5.82. The number of rotatable bonds is 4. The summed E-state index contributed by atoms with van der Waals surface area (Å²) in [6, 6.07) is 9.58. The third-order valence-electron chi connectivity index (χ3n) is 2.44. The third kappa shape index (κ3) is 3.28. The van der Waals surface area contributed by atoms with Gasteiger partial charge in [0.15, 0.2) is 0 Å². The van der Waals surface area contributed by atoms with E-state index in [4.69, 9.17) is 0 Å². The molecule has 0 fully saturated rings.